The number of hydrogen-bond acceptors (Lipinski definition) is 4. The third-order valence-electron chi connectivity index (χ3n) is 3.20. The predicted octanol–water partition coefficient (Wildman–Crippen LogP) is 2.28. The van der Waals surface area contributed by atoms with Crippen molar-refractivity contribution in [2.45, 2.75) is 32.2 Å². The van der Waals surface area contributed by atoms with Gasteiger partial charge in [-0.1, -0.05) is 26.8 Å². The molecule has 2 N–H and O–H groups in total. The average Bonchev–Trinajstić information content (AvgIpc) is 2.21. The molecule has 1 aromatic rings. The van der Waals surface area contributed by atoms with Crippen LogP contribution in [0.1, 0.15) is 26.3 Å². The van der Waals surface area contributed by atoms with Crippen LogP contribution in [0.3, 0.4) is 0 Å². The van der Waals surface area contributed by atoms with Gasteiger partial charge in [0.25, 0.3) is 5.69 Å². The molecule has 18 heavy (non-hydrogen) atoms. The Kier molecular flexibility index (Phi) is 3.26. The smallest absolute Gasteiger partial charge is 0.292 e. The van der Waals surface area contributed by atoms with Crippen molar-refractivity contribution in [1.82, 2.24) is 5.32 Å². The number of hydrogen-bond donors (Lipinski definition) is 2. The van der Waals surface area contributed by atoms with Gasteiger partial charge in [-0.3, -0.25) is 10.1 Å². The Morgan fingerprint density at radius 3 is 2.50 bits per heavy atom. The van der Waals surface area contributed by atoms with Gasteiger partial charge >= 0.3 is 0 Å². The summed E-state index contributed by atoms with van der Waals surface area (Å²) in [5.41, 5.74) is 1.67. The lowest BCUT2D eigenvalue weighted by Gasteiger charge is -2.29. The minimum Gasteiger partial charge on any atom is -0.374 e. The van der Waals surface area contributed by atoms with Crippen LogP contribution in [0, 0.1) is 10.1 Å². The third kappa shape index (κ3) is 2.61. The molecule has 0 atom stereocenters. The van der Waals surface area contributed by atoms with Crippen molar-refractivity contribution in [3.63, 3.8) is 0 Å². The van der Waals surface area contributed by atoms with Crippen molar-refractivity contribution in [3.8, 4) is 0 Å². The van der Waals surface area contributed by atoms with E-state index in [2.05, 4.69) is 31.4 Å². The first kappa shape index (κ1) is 12.8. The van der Waals surface area contributed by atoms with Crippen LogP contribution in [0.2, 0.25) is 0 Å². The lowest BCUT2D eigenvalue weighted by atomic mass is 9.86. The SMILES string of the molecule is CC(C)(C)c1ccc(NC2CNC2)c([N+](=O)[O-])c1. The van der Waals surface area contributed by atoms with Crippen molar-refractivity contribution >= 4 is 11.4 Å². The van der Waals surface area contributed by atoms with Crippen molar-refractivity contribution in [1.29, 1.82) is 0 Å². The second-order valence-corrected chi connectivity index (χ2v) is 5.74. The number of rotatable bonds is 3. The van der Waals surface area contributed by atoms with Gasteiger partial charge in [0.1, 0.15) is 5.69 Å². The molecular weight excluding hydrogens is 230 g/mol. The van der Waals surface area contributed by atoms with Gasteiger partial charge < -0.3 is 10.6 Å². The summed E-state index contributed by atoms with van der Waals surface area (Å²) in [7, 11) is 0. The van der Waals surface area contributed by atoms with E-state index >= 15 is 0 Å². The molecule has 0 spiro atoms. The minimum absolute atomic E-state index is 0.0820. The molecule has 0 aliphatic carbocycles. The summed E-state index contributed by atoms with van der Waals surface area (Å²) in [6.45, 7) is 7.87. The van der Waals surface area contributed by atoms with E-state index in [9.17, 15) is 10.1 Å². The zero-order valence-electron chi connectivity index (χ0n) is 11.0. The van der Waals surface area contributed by atoms with Crippen molar-refractivity contribution in [2.24, 2.45) is 0 Å². The van der Waals surface area contributed by atoms with E-state index in [1.54, 1.807) is 6.07 Å². The summed E-state index contributed by atoms with van der Waals surface area (Å²) in [6, 6.07) is 5.75. The van der Waals surface area contributed by atoms with Crippen LogP contribution < -0.4 is 10.6 Å². The lowest BCUT2D eigenvalue weighted by Crippen LogP contribution is -2.51. The monoisotopic (exact) mass is 249 g/mol. The number of benzene rings is 1. The van der Waals surface area contributed by atoms with Gasteiger partial charge in [-0.15, -0.1) is 0 Å². The van der Waals surface area contributed by atoms with Crippen LogP contribution in [0.15, 0.2) is 18.2 Å². The number of anilines is 1. The third-order valence-corrected chi connectivity index (χ3v) is 3.20. The maximum absolute atomic E-state index is 11.1. The van der Waals surface area contributed by atoms with Crippen LogP contribution in [-0.2, 0) is 5.41 Å². The number of nitrogens with one attached hydrogen (secondary N) is 2. The molecule has 1 aliphatic heterocycles. The molecule has 0 saturated carbocycles. The largest absolute Gasteiger partial charge is 0.374 e. The highest BCUT2D eigenvalue weighted by Gasteiger charge is 2.24. The van der Waals surface area contributed by atoms with Gasteiger partial charge in [-0.05, 0) is 17.0 Å². The van der Waals surface area contributed by atoms with E-state index in [-0.39, 0.29) is 16.0 Å². The Hall–Kier alpha value is -1.62. The molecule has 5 nitrogen and oxygen atoms in total. The summed E-state index contributed by atoms with van der Waals surface area (Å²) in [4.78, 5) is 10.8. The second-order valence-electron chi connectivity index (χ2n) is 5.74. The molecular formula is C13H19N3O2. The summed E-state index contributed by atoms with van der Waals surface area (Å²) in [6.07, 6.45) is 0. The molecule has 0 aromatic heterocycles. The lowest BCUT2D eigenvalue weighted by molar-refractivity contribution is -0.384. The molecule has 0 amide bonds. The van der Waals surface area contributed by atoms with E-state index in [1.807, 2.05) is 12.1 Å². The molecule has 0 radical (unpaired) electrons. The fourth-order valence-electron chi connectivity index (χ4n) is 1.88. The van der Waals surface area contributed by atoms with Crippen LogP contribution in [0.5, 0.6) is 0 Å². The first-order valence-corrected chi connectivity index (χ1v) is 6.14. The Labute approximate surface area is 107 Å². The molecule has 5 heteroatoms. The first-order chi connectivity index (χ1) is 8.38. The Balaban J connectivity index is 2.31. The number of nitro groups is 1. The minimum atomic E-state index is -0.316. The van der Waals surface area contributed by atoms with E-state index in [1.165, 1.54) is 0 Å². The van der Waals surface area contributed by atoms with E-state index < -0.39 is 0 Å². The normalized spacial score (nSPS) is 16.2. The molecule has 1 saturated heterocycles. The van der Waals surface area contributed by atoms with E-state index in [4.69, 9.17) is 0 Å². The van der Waals surface area contributed by atoms with E-state index in [0.717, 1.165) is 18.7 Å². The summed E-state index contributed by atoms with van der Waals surface area (Å²) >= 11 is 0. The molecule has 2 rings (SSSR count). The van der Waals surface area contributed by atoms with Gasteiger partial charge in [-0.25, -0.2) is 0 Å². The molecule has 1 fully saturated rings. The maximum atomic E-state index is 11.1. The molecule has 0 bridgehead atoms. The van der Waals surface area contributed by atoms with E-state index in [0.29, 0.717) is 11.7 Å². The first-order valence-electron chi connectivity index (χ1n) is 6.14. The highest BCUT2D eigenvalue weighted by atomic mass is 16.6. The van der Waals surface area contributed by atoms with Crippen LogP contribution in [-0.4, -0.2) is 24.1 Å². The van der Waals surface area contributed by atoms with Crippen LogP contribution in [0.4, 0.5) is 11.4 Å². The highest BCUT2D eigenvalue weighted by Crippen LogP contribution is 2.31. The molecule has 1 aromatic carbocycles. The molecule has 98 valence electrons. The van der Waals surface area contributed by atoms with Crippen LogP contribution >= 0.6 is 0 Å². The highest BCUT2D eigenvalue weighted by molar-refractivity contribution is 5.64. The summed E-state index contributed by atoms with van der Waals surface area (Å²) in [5, 5.41) is 17.5. The van der Waals surface area contributed by atoms with Crippen LogP contribution in [0.25, 0.3) is 0 Å². The van der Waals surface area contributed by atoms with Crippen molar-refractivity contribution < 1.29 is 4.92 Å². The zero-order chi connectivity index (χ0) is 13.3. The standard InChI is InChI=1S/C13H19N3O2/c1-13(2,3)9-4-5-11(12(6-9)16(17)18)15-10-7-14-8-10/h4-6,10,14-15H,7-8H2,1-3H3. The molecule has 0 unspecified atom stereocenters. The molecule has 1 heterocycles. The maximum Gasteiger partial charge on any atom is 0.292 e. The molecule has 1 aliphatic rings. The zero-order valence-corrected chi connectivity index (χ0v) is 11.0. The van der Waals surface area contributed by atoms with Gasteiger partial charge in [0.05, 0.1) is 11.0 Å². The summed E-state index contributed by atoms with van der Waals surface area (Å²) in [5.74, 6) is 0. The van der Waals surface area contributed by atoms with Gasteiger partial charge in [0.2, 0.25) is 0 Å². The fourth-order valence-corrected chi connectivity index (χ4v) is 1.88. The van der Waals surface area contributed by atoms with Gasteiger partial charge in [-0.2, -0.15) is 0 Å². The van der Waals surface area contributed by atoms with Gasteiger partial charge in [0.15, 0.2) is 0 Å². The summed E-state index contributed by atoms with van der Waals surface area (Å²) < 4.78 is 0. The van der Waals surface area contributed by atoms with Gasteiger partial charge in [0, 0.05) is 19.2 Å². The Morgan fingerprint density at radius 1 is 1.39 bits per heavy atom. The quantitative estimate of drug-likeness (QED) is 0.637. The average molecular weight is 249 g/mol. The number of nitro benzene ring substituents is 1. The predicted molar refractivity (Wildman–Crippen MR) is 72.1 cm³/mol. The topological polar surface area (TPSA) is 67.2 Å². The Bertz CT molecular complexity index is 462. The van der Waals surface area contributed by atoms with Crippen molar-refractivity contribution in [3.05, 3.63) is 33.9 Å². The van der Waals surface area contributed by atoms with Crippen molar-refractivity contribution in [2.75, 3.05) is 18.4 Å². The Morgan fingerprint density at radius 2 is 2.06 bits per heavy atom. The number of nitrogens with zero attached hydrogens (tertiary/aromatic N) is 1. The second kappa shape index (κ2) is 4.57. The fraction of sp³-hybridized carbons (Fsp3) is 0.538.